The Balaban J connectivity index is 0.000000241. The highest BCUT2D eigenvalue weighted by molar-refractivity contribution is 5.37. The lowest BCUT2D eigenvalue weighted by Gasteiger charge is -2.31. The first kappa shape index (κ1) is 22.5. The van der Waals surface area contributed by atoms with Gasteiger partial charge in [0.1, 0.15) is 5.82 Å². The van der Waals surface area contributed by atoms with Crippen LogP contribution in [0.4, 0.5) is 5.82 Å². The maximum atomic E-state index is 4.35. The number of likely N-dealkylation sites (tertiary alicyclic amines) is 1. The first-order valence-corrected chi connectivity index (χ1v) is 10.2. The largest absolute Gasteiger partial charge is 0.374 e. The zero-order chi connectivity index (χ0) is 19.5. The number of aromatic nitrogens is 1. The molecule has 0 amide bonds. The van der Waals surface area contributed by atoms with Crippen molar-refractivity contribution in [1.82, 2.24) is 14.8 Å². The molecule has 2 saturated heterocycles. The van der Waals surface area contributed by atoms with Crippen molar-refractivity contribution in [3.63, 3.8) is 0 Å². The van der Waals surface area contributed by atoms with Crippen LogP contribution >= 0.6 is 0 Å². The van der Waals surface area contributed by atoms with Gasteiger partial charge in [-0.15, -0.1) is 0 Å². The minimum atomic E-state index is 0.728. The summed E-state index contributed by atoms with van der Waals surface area (Å²) in [6.45, 7) is 17.0. The highest BCUT2D eigenvalue weighted by Crippen LogP contribution is 2.20. The van der Waals surface area contributed by atoms with Crippen molar-refractivity contribution in [3.05, 3.63) is 36.7 Å². The van der Waals surface area contributed by atoms with Crippen LogP contribution < -0.4 is 4.90 Å². The van der Waals surface area contributed by atoms with Crippen LogP contribution in [0.3, 0.4) is 0 Å². The normalized spacial score (nSPS) is 20.2. The summed E-state index contributed by atoms with van der Waals surface area (Å²) in [7, 11) is 4.29. The van der Waals surface area contributed by atoms with E-state index in [0.717, 1.165) is 37.4 Å². The quantitative estimate of drug-likeness (QED) is 0.791. The predicted molar refractivity (Wildman–Crippen MR) is 115 cm³/mol. The number of likely N-dealkylation sites (N-methyl/N-ethyl adjacent to an activating group) is 1. The molecular formula is C22H40N4. The lowest BCUT2D eigenvalue weighted by molar-refractivity contribution is 0.291. The minimum absolute atomic E-state index is 0.728. The molecule has 0 saturated carbocycles. The van der Waals surface area contributed by atoms with Crippen LogP contribution in [0.2, 0.25) is 0 Å². The molecule has 1 aromatic heterocycles. The summed E-state index contributed by atoms with van der Waals surface area (Å²) in [6, 6.07) is 6.85. The van der Waals surface area contributed by atoms with Crippen molar-refractivity contribution < 1.29 is 0 Å². The Morgan fingerprint density at radius 2 is 1.77 bits per heavy atom. The Morgan fingerprint density at radius 1 is 1.12 bits per heavy atom. The molecule has 4 nitrogen and oxygen atoms in total. The molecule has 26 heavy (non-hydrogen) atoms. The van der Waals surface area contributed by atoms with E-state index in [-0.39, 0.29) is 0 Å². The SMILES string of the molecule is C=C(C)N1CCC(N(C)C)C1.CC.CC1CCN(c2ccccn2)CC1. The monoisotopic (exact) mass is 360 g/mol. The first-order valence-electron chi connectivity index (χ1n) is 10.2. The van der Waals surface area contributed by atoms with E-state index in [0.29, 0.717) is 0 Å². The van der Waals surface area contributed by atoms with Crippen molar-refractivity contribution in [2.24, 2.45) is 5.92 Å². The van der Waals surface area contributed by atoms with E-state index in [1.165, 1.54) is 31.5 Å². The van der Waals surface area contributed by atoms with Crippen LogP contribution in [-0.4, -0.2) is 61.1 Å². The summed E-state index contributed by atoms with van der Waals surface area (Å²) in [5, 5.41) is 0. The van der Waals surface area contributed by atoms with Crippen molar-refractivity contribution in [1.29, 1.82) is 0 Å². The van der Waals surface area contributed by atoms with Gasteiger partial charge in [0.05, 0.1) is 0 Å². The van der Waals surface area contributed by atoms with Gasteiger partial charge in [0, 0.05) is 44.1 Å². The van der Waals surface area contributed by atoms with Gasteiger partial charge in [-0.1, -0.05) is 33.4 Å². The van der Waals surface area contributed by atoms with Gasteiger partial charge in [-0.05, 0) is 58.3 Å². The van der Waals surface area contributed by atoms with Gasteiger partial charge < -0.3 is 14.7 Å². The van der Waals surface area contributed by atoms with Crippen molar-refractivity contribution in [3.8, 4) is 0 Å². The molecule has 0 aliphatic carbocycles. The standard InChI is InChI=1S/C11H16N2.C9H18N2.C2H6/c1-10-5-8-13(9-6-10)11-4-2-3-7-12-11;1-8(2)11-6-5-9(7-11)10(3)4;1-2/h2-4,7,10H,5-6,8-9H2,1H3;9H,1,5-7H2,2-4H3;1-2H3. The number of rotatable bonds is 3. The summed E-state index contributed by atoms with van der Waals surface area (Å²) in [5.74, 6) is 2.02. The van der Waals surface area contributed by atoms with E-state index in [2.05, 4.69) is 66.3 Å². The third kappa shape index (κ3) is 7.36. The van der Waals surface area contributed by atoms with E-state index < -0.39 is 0 Å². The molecule has 0 aromatic carbocycles. The molecule has 1 unspecified atom stereocenters. The number of hydrogen-bond donors (Lipinski definition) is 0. The van der Waals surface area contributed by atoms with E-state index >= 15 is 0 Å². The highest BCUT2D eigenvalue weighted by Gasteiger charge is 2.22. The Morgan fingerprint density at radius 3 is 2.19 bits per heavy atom. The number of hydrogen-bond acceptors (Lipinski definition) is 4. The minimum Gasteiger partial charge on any atom is -0.374 e. The maximum Gasteiger partial charge on any atom is 0.128 e. The molecule has 3 rings (SSSR count). The van der Waals surface area contributed by atoms with Gasteiger partial charge in [0.25, 0.3) is 0 Å². The number of allylic oxidation sites excluding steroid dienone is 1. The smallest absolute Gasteiger partial charge is 0.128 e. The summed E-state index contributed by atoms with van der Waals surface area (Å²) < 4.78 is 0. The van der Waals surface area contributed by atoms with Crippen molar-refractivity contribution >= 4 is 5.82 Å². The average Bonchev–Trinajstić information content (AvgIpc) is 3.16. The number of anilines is 1. The second-order valence-corrected chi connectivity index (χ2v) is 7.44. The van der Waals surface area contributed by atoms with Gasteiger partial charge >= 0.3 is 0 Å². The Kier molecular flexibility index (Phi) is 10.3. The molecule has 148 valence electrons. The van der Waals surface area contributed by atoms with Crippen LogP contribution in [0.25, 0.3) is 0 Å². The second-order valence-electron chi connectivity index (χ2n) is 7.44. The van der Waals surface area contributed by atoms with Gasteiger partial charge in [-0.25, -0.2) is 4.98 Å². The first-order chi connectivity index (χ1) is 12.5. The molecule has 2 aliphatic rings. The van der Waals surface area contributed by atoms with E-state index in [9.17, 15) is 0 Å². The fourth-order valence-corrected chi connectivity index (χ4v) is 3.29. The molecule has 0 radical (unpaired) electrons. The van der Waals surface area contributed by atoms with Gasteiger partial charge in [0.2, 0.25) is 0 Å². The number of pyridine rings is 1. The molecule has 0 spiro atoms. The average molecular weight is 361 g/mol. The third-order valence-corrected chi connectivity index (χ3v) is 5.19. The zero-order valence-corrected chi connectivity index (χ0v) is 17.9. The van der Waals surface area contributed by atoms with Crippen molar-refractivity contribution in [2.45, 2.75) is 53.0 Å². The zero-order valence-electron chi connectivity index (χ0n) is 17.9. The molecule has 0 N–H and O–H groups in total. The molecule has 2 fully saturated rings. The molecule has 3 heterocycles. The van der Waals surface area contributed by atoms with E-state index in [4.69, 9.17) is 0 Å². The molecule has 4 heteroatoms. The topological polar surface area (TPSA) is 22.6 Å². The highest BCUT2D eigenvalue weighted by atomic mass is 15.2. The van der Waals surface area contributed by atoms with Crippen molar-refractivity contribution in [2.75, 3.05) is 45.2 Å². The van der Waals surface area contributed by atoms with Crippen LogP contribution in [0, 0.1) is 5.92 Å². The van der Waals surface area contributed by atoms with Gasteiger partial charge in [-0.2, -0.15) is 0 Å². The second kappa shape index (κ2) is 11.9. The summed E-state index contributed by atoms with van der Waals surface area (Å²) in [5.41, 5.74) is 1.20. The summed E-state index contributed by atoms with van der Waals surface area (Å²) in [4.78, 5) is 11.4. The maximum absolute atomic E-state index is 4.35. The Bertz CT molecular complexity index is 492. The Labute approximate surface area is 161 Å². The molecule has 2 aliphatic heterocycles. The predicted octanol–water partition coefficient (Wildman–Crippen LogP) is 4.50. The molecule has 1 atom stereocenters. The fourth-order valence-electron chi connectivity index (χ4n) is 3.29. The van der Waals surface area contributed by atoms with Crippen LogP contribution in [0.5, 0.6) is 0 Å². The lowest BCUT2D eigenvalue weighted by atomic mass is 9.99. The van der Waals surface area contributed by atoms with E-state index in [1.807, 2.05) is 26.1 Å². The molecule has 1 aromatic rings. The Hall–Kier alpha value is -1.55. The number of piperidine rings is 1. The van der Waals surface area contributed by atoms with E-state index in [1.54, 1.807) is 0 Å². The van der Waals surface area contributed by atoms with Crippen LogP contribution in [-0.2, 0) is 0 Å². The van der Waals surface area contributed by atoms with Gasteiger partial charge in [-0.3, -0.25) is 0 Å². The third-order valence-electron chi connectivity index (χ3n) is 5.19. The fraction of sp³-hybridized carbons (Fsp3) is 0.682. The molecule has 0 bridgehead atoms. The molecular weight excluding hydrogens is 320 g/mol. The summed E-state index contributed by atoms with van der Waals surface area (Å²) >= 11 is 0. The van der Waals surface area contributed by atoms with Crippen LogP contribution in [0.15, 0.2) is 36.7 Å². The summed E-state index contributed by atoms with van der Waals surface area (Å²) in [6.07, 6.45) is 5.75. The lowest BCUT2D eigenvalue weighted by Crippen LogP contribution is -2.33. The number of nitrogens with zero attached hydrogens (tertiary/aromatic N) is 4. The van der Waals surface area contributed by atoms with Crippen LogP contribution in [0.1, 0.15) is 47.0 Å². The van der Waals surface area contributed by atoms with Gasteiger partial charge in [0.15, 0.2) is 0 Å².